The van der Waals surface area contributed by atoms with Crippen LogP contribution in [0, 0.1) is 5.82 Å². The first-order chi connectivity index (χ1) is 5.65. The van der Waals surface area contributed by atoms with E-state index in [-0.39, 0.29) is 11.9 Å². The van der Waals surface area contributed by atoms with Gasteiger partial charge in [0.15, 0.2) is 0 Å². The molecule has 0 spiro atoms. The minimum atomic E-state index is -0.237. The highest BCUT2D eigenvalue weighted by Crippen LogP contribution is 2.21. The van der Waals surface area contributed by atoms with Crippen LogP contribution in [0.25, 0.3) is 0 Å². The molecule has 0 heterocycles. The topological polar surface area (TPSA) is 26.0 Å². The van der Waals surface area contributed by atoms with Gasteiger partial charge in [0, 0.05) is 16.1 Å². The predicted octanol–water partition coefficient (Wildman–Crippen LogP) is 3.00. The Kier molecular flexibility index (Phi) is 3.23. The summed E-state index contributed by atoms with van der Waals surface area (Å²) in [6.07, 6.45) is 0.749. The largest absolute Gasteiger partial charge is 0.324 e. The molecule has 0 saturated heterocycles. The monoisotopic (exact) mass is 231 g/mol. The van der Waals surface area contributed by atoms with Gasteiger partial charge in [0.2, 0.25) is 0 Å². The normalized spacial score (nSPS) is 13.0. The van der Waals surface area contributed by atoms with Crippen LogP contribution in [0.15, 0.2) is 22.7 Å². The number of halogens is 2. The molecule has 3 heteroatoms. The fraction of sp³-hybridized carbons (Fsp3) is 0.333. The third kappa shape index (κ3) is 2.05. The zero-order valence-electron chi connectivity index (χ0n) is 6.85. The first-order valence-corrected chi connectivity index (χ1v) is 4.65. The SMILES string of the molecule is CC[C@H](N)c1ccc(Br)cc1F. The highest BCUT2D eigenvalue weighted by Gasteiger charge is 2.08. The Bertz CT molecular complexity index is 275. The Labute approximate surface area is 79.9 Å². The summed E-state index contributed by atoms with van der Waals surface area (Å²) in [6.45, 7) is 1.94. The lowest BCUT2D eigenvalue weighted by atomic mass is 10.1. The second-order valence-corrected chi connectivity index (χ2v) is 3.60. The molecule has 12 heavy (non-hydrogen) atoms. The van der Waals surface area contributed by atoms with Crippen molar-refractivity contribution >= 4 is 15.9 Å². The zero-order chi connectivity index (χ0) is 9.14. The molecule has 0 aliphatic heterocycles. The van der Waals surface area contributed by atoms with E-state index in [1.165, 1.54) is 6.07 Å². The van der Waals surface area contributed by atoms with Crippen molar-refractivity contribution in [1.29, 1.82) is 0 Å². The number of rotatable bonds is 2. The van der Waals surface area contributed by atoms with Gasteiger partial charge in [-0.3, -0.25) is 0 Å². The highest BCUT2D eigenvalue weighted by molar-refractivity contribution is 9.10. The Hall–Kier alpha value is -0.410. The van der Waals surface area contributed by atoms with E-state index in [4.69, 9.17) is 5.73 Å². The van der Waals surface area contributed by atoms with Crippen LogP contribution in [0.2, 0.25) is 0 Å². The molecule has 0 aliphatic carbocycles. The molecule has 2 N–H and O–H groups in total. The van der Waals surface area contributed by atoms with Crippen molar-refractivity contribution < 1.29 is 4.39 Å². The second-order valence-electron chi connectivity index (χ2n) is 2.68. The summed E-state index contributed by atoms with van der Waals surface area (Å²) < 4.78 is 13.9. The van der Waals surface area contributed by atoms with Gasteiger partial charge >= 0.3 is 0 Å². The molecule has 1 atom stereocenters. The van der Waals surface area contributed by atoms with Crippen molar-refractivity contribution in [2.24, 2.45) is 5.73 Å². The summed E-state index contributed by atoms with van der Waals surface area (Å²) in [5.74, 6) is -0.237. The Morgan fingerprint density at radius 2 is 2.25 bits per heavy atom. The van der Waals surface area contributed by atoms with Gasteiger partial charge in [0.1, 0.15) is 5.82 Å². The van der Waals surface area contributed by atoms with Crippen molar-refractivity contribution in [2.45, 2.75) is 19.4 Å². The van der Waals surface area contributed by atoms with E-state index in [1.54, 1.807) is 12.1 Å². The van der Waals surface area contributed by atoms with Crippen LogP contribution < -0.4 is 5.73 Å². The minimum absolute atomic E-state index is 0.196. The lowest BCUT2D eigenvalue weighted by molar-refractivity contribution is 0.574. The minimum Gasteiger partial charge on any atom is -0.324 e. The Morgan fingerprint density at radius 3 is 2.75 bits per heavy atom. The molecule has 0 aliphatic rings. The van der Waals surface area contributed by atoms with Gasteiger partial charge in [-0.15, -0.1) is 0 Å². The van der Waals surface area contributed by atoms with Gasteiger partial charge in [0.05, 0.1) is 0 Å². The molecule has 1 nitrogen and oxygen atoms in total. The number of hydrogen-bond acceptors (Lipinski definition) is 1. The number of nitrogens with two attached hydrogens (primary N) is 1. The van der Waals surface area contributed by atoms with Crippen LogP contribution in [-0.2, 0) is 0 Å². The van der Waals surface area contributed by atoms with Crippen molar-refractivity contribution in [3.8, 4) is 0 Å². The van der Waals surface area contributed by atoms with Gasteiger partial charge in [-0.2, -0.15) is 0 Å². The summed E-state index contributed by atoms with van der Waals surface area (Å²) >= 11 is 3.19. The molecular weight excluding hydrogens is 221 g/mol. The summed E-state index contributed by atoms with van der Waals surface area (Å²) in [5.41, 5.74) is 6.27. The molecular formula is C9H11BrFN. The van der Waals surface area contributed by atoms with E-state index in [0.717, 1.165) is 10.9 Å². The Balaban J connectivity index is 3.01. The van der Waals surface area contributed by atoms with E-state index >= 15 is 0 Å². The van der Waals surface area contributed by atoms with Crippen molar-refractivity contribution in [2.75, 3.05) is 0 Å². The molecule has 0 bridgehead atoms. The lowest BCUT2D eigenvalue weighted by Gasteiger charge is -2.09. The maximum absolute atomic E-state index is 13.2. The van der Waals surface area contributed by atoms with Crippen LogP contribution >= 0.6 is 15.9 Å². The first-order valence-electron chi connectivity index (χ1n) is 3.85. The number of hydrogen-bond donors (Lipinski definition) is 1. The summed E-state index contributed by atoms with van der Waals surface area (Å²) in [7, 11) is 0. The summed E-state index contributed by atoms with van der Waals surface area (Å²) in [4.78, 5) is 0. The Morgan fingerprint density at radius 1 is 1.58 bits per heavy atom. The highest BCUT2D eigenvalue weighted by atomic mass is 79.9. The van der Waals surface area contributed by atoms with E-state index in [0.29, 0.717) is 5.56 Å². The maximum Gasteiger partial charge on any atom is 0.129 e. The molecule has 0 radical (unpaired) electrons. The van der Waals surface area contributed by atoms with Gasteiger partial charge in [-0.1, -0.05) is 28.9 Å². The average Bonchev–Trinajstić information content (AvgIpc) is 2.03. The molecule has 0 amide bonds. The molecule has 0 aromatic heterocycles. The van der Waals surface area contributed by atoms with Crippen LogP contribution in [0.5, 0.6) is 0 Å². The lowest BCUT2D eigenvalue weighted by Crippen LogP contribution is -2.10. The third-order valence-corrected chi connectivity index (χ3v) is 2.30. The quantitative estimate of drug-likeness (QED) is 0.833. The third-order valence-electron chi connectivity index (χ3n) is 1.80. The van der Waals surface area contributed by atoms with E-state index in [2.05, 4.69) is 15.9 Å². The summed E-state index contributed by atoms with van der Waals surface area (Å²) in [6, 6.07) is 4.75. The van der Waals surface area contributed by atoms with E-state index in [1.807, 2.05) is 6.92 Å². The standard InChI is InChI=1S/C9H11BrFN/c1-2-9(12)7-4-3-6(10)5-8(7)11/h3-5,9H,2,12H2,1H3/t9-/m0/s1. The molecule has 0 fully saturated rings. The van der Waals surface area contributed by atoms with E-state index < -0.39 is 0 Å². The molecule has 66 valence electrons. The first kappa shape index (κ1) is 9.68. The van der Waals surface area contributed by atoms with Crippen LogP contribution in [-0.4, -0.2) is 0 Å². The van der Waals surface area contributed by atoms with Gasteiger partial charge in [-0.25, -0.2) is 4.39 Å². The van der Waals surface area contributed by atoms with Crippen molar-refractivity contribution in [3.05, 3.63) is 34.1 Å². The van der Waals surface area contributed by atoms with Crippen molar-refractivity contribution in [3.63, 3.8) is 0 Å². The maximum atomic E-state index is 13.2. The van der Waals surface area contributed by atoms with Gasteiger partial charge in [-0.05, 0) is 18.6 Å². The molecule has 0 unspecified atom stereocenters. The van der Waals surface area contributed by atoms with Gasteiger partial charge < -0.3 is 5.73 Å². The van der Waals surface area contributed by atoms with Crippen molar-refractivity contribution in [1.82, 2.24) is 0 Å². The van der Waals surface area contributed by atoms with Crippen LogP contribution in [0.4, 0.5) is 4.39 Å². The summed E-state index contributed by atoms with van der Waals surface area (Å²) in [5, 5.41) is 0. The second kappa shape index (κ2) is 4.01. The van der Waals surface area contributed by atoms with Crippen LogP contribution in [0.1, 0.15) is 24.9 Å². The fourth-order valence-electron chi connectivity index (χ4n) is 1.02. The zero-order valence-corrected chi connectivity index (χ0v) is 8.44. The predicted molar refractivity (Wildman–Crippen MR) is 51.3 cm³/mol. The van der Waals surface area contributed by atoms with Crippen LogP contribution in [0.3, 0.4) is 0 Å². The molecule has 1 rings (SSSR count). The molecule has 1 aromatic carbocycles. The van der Waals surface area contributed by atoms with E-state index in [9.17, 15) is 4.39 Å². The molecule has 0 saturated carbocycles. The van der Waals surface area contributed by atoms with Gasteiger partial charge in [0.25, 0.3) is 0 Å². The molecule has 1 aromatic rings. The number of benzene rings is 1. The fourth-order valence-corrected chi connectivity index (χ4v) is 1.36. The smallest absolute Gasteiger partial charge is 0.129 e. The average molecular weight is 232 g/mol.